The van der Waals surface area contributed by atoms with Crippen LogP contribution in [0.3, 0.4) is 0 Å². The summed E-state index contributed by atoms with van der Waals surface area (Å²) in [7, 11) is 3.44. The summed E-state index contributed by atoms with van der Waals surface area (Å²) >= 11 is 0. The number of methoxy groups -OCH3 is 1. The highest BCUT2D eigenvalue weighted by Crippen LogP contribution is 2.19. The van der Waals surface area contributed by atoms with E-state index in [1.165, 1.54) is 5.56 Å². The van der Waals surface area contributed by atoms with Crippen LogP contribution in [0.5, 0.6) is 5.75 Å². The monoisotopic (exact) mass is 356 g/mol. The van der Waals surface area contributed by atoms with Crippen molar-refractivity contribution in [3.63, 3.8) is 0 Å². The molecule has 0 aliphatic heterocycles. The molecule has 0 atom stereocenters. The van der Waals surface area contributed by atoms with E-state index in [1.807, 2.05) is 25.3 Å². The highest BCUT2D eigenvalue weighted by atomic mass is 16.5. The summed E-state index contributed by atoms with van der Waals surface area (Å²) in [5.41, 5.74) is 2.31. The number of benzene rings is 1. The molecule has 2 aromatic rings. The Labute approximate surface area is 154 Å². The highest BCUT2D eigenvalue weighted by molar-refractivity contribution is 5.79. The van der Waals surface area contributed by atoms with Crippen LogP contribution in [0.2, 0.25) is 0 Å². The Morgan fingerprint density at radius 2 is 2.04 bits per heavy atom. The van der Waals surface area contributed by atoms with Crippen LogP contribution in [0.1, 0.15) is 24.0 Å². The van der Waals surface area contributed by atoms with E-state index in [4.69, 9.17) is 4.74 Å². The third kappa shape index (κ3) is 5.95. The van der Waals surface area contributed by atoms with Crippen molar-refractivity contribution in [2.24, 2.45) is 4.99 Å². The predicted octanol–water partition coefficient (Wildman–Crippen LogP) is 2.31. The molecular formula is C20H28N4O2. The minimum atomic E-state index is 0.0463. The van der Waals surface area contributed by atoms with Gasteiger partial charge in [0.05, 0.1) is 7.11 Å². The molecule has 0 aliphatic carbocycles. The van der Waals surface area contributed by atoms with Crippen molar-refractivity contribution in [3.8, 4) is 5.75 Å². The summed E-state index contributed by atoms with van der Waals surface area (Å²) in [4.78, 5) is 15.9. The molecule has 6 nitrogen and oxygen atoms in total. The average Bonchev–Trinajstić information content (AvgIpc) is 2.66. The average molecular weight is 356 g/mol. The Morgan fingerprint density at radius 3 is 2.77 bits per heavy atom. The third-order valence-corrected chi connectivity index (χ3v) is 4.13. The smallest absolute Gasteiger partial charge is 0.250 e. The molecule has 0 bridgehead atoms. The number of hydrogen-bond acceptors (Lipinski definition) is 3. The zero-order valence-electron chi connectivity index (χ0n) is 15.8. The first kappa shape index (κ1) is 19.6. The van der Waals surface area contributed by atoms with Crippen molar-refractivity contribution in [2.45, 2.75) is 32.9 Å². The normalized spacial score (nSPS) is 11.3. The quantitative estimate of drug-likeness (QED) is 0.433. The first-order valence-electron chi connectivity index (χ1n) is 8.87. The van der Waals surface area contributed by atoms with E-state index in [0.29, 0.717) is 6.54 Å². The molecule has 2 N–H and O–H groups in total. The lowest BCUT2D eigenvalue weighted by atomic mass is 10.1. The van der Waals surface area contributed by atoms with Gasteiger partial charge in [0.1, 0.15) is 5.75 Å². The van der Waals surface area contributed by atoms with Gasteiger partial charge in [-0.25, -0.2) is 0 Å². The van der Waals surface area contributed by atoms with Gasteiger partial charge in [-0.1, -0.05) is 18.2 Å². The van der Waals surface area contributed by atoms with Crippen molar-refractivity contribution in [1.82, 2.24) is 15.2 Å². The number of aromatic nitrogens is 1. The maximum absolute atomic E-state index is 11.6. The zero-order valence-corrected chi connectivity index (χ0v) is 15.8. The van der Waals surface area contributed by atoms with Crippen LogP contribution in [-0.4, -0.2) is 31.2 Å². The number of aliphatic imine (C=N–C) groups is 1. The molecular weight excluding hydrogens is 328 g/mol. The third-order valence-electron chi connectivity index (χ3n) is 4.13. The van der Waals surface area contributed by atoms with E-state index in [2.05, 4.69) is 27.8 Å². The predicted molar refractivity (Wildman–Crippen MR) is 106 cm³/mol. The molecule has 2 rings (SSSR count). The van der Waals surface area contributed by atoms with Crippen molar-refractivity contribution in [3.05, 3.63) is 64.1 Å². The molecule has 1 aromatic heterocycles. The van der Waals surface area contributed by atoms with Gasteiger partial charge >= 0.3 is 0 Å². The number of nitrogens with zero attached hydrogens (tertiary/aromatic N) is 2. The van der Waals surface area contributed by atoms with Gasteiger partial charge in [-0.15, -0.1) is 0 Å². The maximum atomic E-state index is 11.6. The van der Waals surface area contributed by atoms with Gasteiger partial charge < -0.3 is 19.9 Å². The summed E-state index contributed by atoms with van der Waals surface area (Å²) in [5, 5.41) is 6.60. The van der Waals surface area contributed by atoms with Crippen LogP contribution < -0.4 is 20.9 Å². The molecule has 6 heteroatoms. The summed E-state index contributed by atoms with van der Waals surface area (Å²) in [6, 6.07) is 11.4. The van der Waals surface area contributed by atoms with Gasteiger partial charge in [0.15, 0.2) is 5.96 Å². The van der Waals surface area contributed by atoms with Crippen LogP contribution in [-0.2, 0) is 13.1 Å². The standard InChI is InChI=1S/C20H28N4O2/c1-16-9-10-17(18(14-16)26-3)15-23-20(21-2)22-11-5-7-13-24-12-6-4-8-19(24)25/h4,6,8-10,12,14H,5,7,11,13,15H2,1-3H3,(H2,21,22,23). The Bertz CT molecular complexity index is 783. The lowest BCUT2D eigenvalue weighted by Crippen LogP contribution is -2.37. The second kappa shape index (κ2) is 10.3. The van der Waals surface area contributed by atoms with Gasteiger partial charge in [0, 0.05) is 44.5 Å². The van der Waals surface area contributed by atoms with Crippen LogP contribution >= 0.6 is 0 Å². The summed E-state index contributed by atoms with van der Waals surface area (Å²) < 4.78 is 7.16. The lowest BCUT2D eigenvalue weighted by molar-refractivity contribution is 0.408. The van der Waals surface area contributed by atoms with E-state index in [1.54, 1.807) is 30.9 Å². The van der Waals surface area contributed by atoms with Crippen LogP contribution in [0.15, 0.2) is 52.4 Å². The Kier molecular flexibility index (Phi) is 7.74. The first-order chi connectivity index (χ1) is 12.6. The van der Waals surface area contributed by atoms with E-state index in [9.17, 15) is 4.79 Å². The number of rotatable bonds is 8. The summed E-state index contributed by atoms with van der Waals surface area (Å²) in [5.74, 6) is 1.63. The molecule has 1 aromatic carbocycles. The van der Waals surface area contributed by atoms with E-state index < -0.39 is 0 Å². The number of hydrogen-bond donors (Lipinski definition) is 2. The molecule has 140 valence electrons. The lowest BCUT2D eigenvalue weighted by Gasteiger charge is -2.14. The fourth-order valence-electron chi connectivity index (χ4n) is 2.66. The molecule has 0 radical (unpaired) electrons. The van der Waals surface area contributed by atoms with Crippen molar-refractivity contribution in [2.75, 3.05) is 20.7 Å². The molecule has 0 aliphatic rings. The van der Waals surface area contributed by atoms with E-state index >= 15 is 0 Å². The molecule has 0 unspecified atom stereocenters. The second-order valence-corrected chi connectivity index (χ2v) is 6.11. The van der Waals surface area contributed by atoms with Gasteiger partial charge in [-0.05, 0) is 37.5 Å². The maximum Gasteiger partial charge on any atom is 0.250 e. The minimum absolute atomic E-state index is 0.0463. The molecule has 0 amide bonds. The Morgan fingerprint density at radius 1 is 1.19 bits per heavy atom. The second-order valence-electron chi connectivity index (χ2n) is 6.11. The summed E-state index contributed by atoms with van der Waals surface area (Å²) in [6.45, 7) is 4.21. The van der Waals surface area contributed by atoms with Crippen molar-refractivity contribution in [1.29, 1.82) is 0 Å². The highest BCUT2D eigenvalue weighted by Gasteiger charge is 2.04. The van der Waals surface area contributed by atoms with Gasteiger partial charge in [-0.2, -0.15) is 0 Å². The Hall–Kier alpha value is -2.76. The first-order valence-corrected chi connectivity index (χ1v) is 8.87. The molecule has 0 saturated heterocycles. The number of unbranched alkanes of at least 4 members (excludes halogenated alkanes) is 1. The summed E-state index contributed by atoms with van der Waals surface area (Å²) in [6.07, 6.45) is 3.71. The van der Waals surface area contributed by atoms with Crippen LogP contribution in [0.25, 0.3) is 0 Å². The SMILES string of the molecule is CN=C(NCCCCn1ccccc1=O)NCc1ccc(C)cc1OC. The molecule has 0 spiro atoms. The van der Waals surface area contributed by atoms with Crippen LogP contribution in [0, 0.1) is 6.92 Å². The van der Waals surface area contributed by atoms with Gasteiger partial charge in [0.25, 0.3) is 0 Å². The molecule has 0 saturated carbocycles. The molecule has 0 fully saturated rings. The number of nitrogens with one attached hydrogen (secondary N) is 2. The number of pyridine rings is 1. The molecule has 26 heavy (non-hydrogen) atoms. The van der Waals surface area contributed by atoms with Gasteiger partial charge in [0.2, 0.25) is 5.56 Å². The minimum Gasteiger partial charge on any atom is -0.496 e. The van der Waals surface area contributed by atoms with E-state index in [-0.39, 0.29) is 5.56 Å². The fourth-order valence-corrected chi connectivity index (χ4v) is 2.66. The van der Waals surface area contributed by atoms with Crippen molar-refractivity contribution < 1.29 is 4.74 Å². The topological polar surface area (TPSA) is 67.7 Å². The van der Waals surface area contributed by atoms with Crippen LogP contribution in [0.4, 0.5) is 0 Å². The fraction of sp³-hybridized carbons (Fsp3) is 0.400. The zero-order chi connectivity index (χ0) is 18.8. The van der Waals surface area contributed by atoms with Crippen molar-refractivity contribution >= 4 is 5.96 Å². The largest absolute Gasteiger partial charge is 0.496 e. The Balaban J connectivity index is 1.73. The molecule has 1 heterocycles. The number of ether oxygens (including phenoxy) is 1. The number of aryl methyl sites for hydroxylation is 2. The van der Waals surface area contributed by atoms with E-state index in [0.717, 1.165) is 43.2 Å². The van der Waals surface area contributed by atoms with Gasteiger partial charge in [-0.3, -0.25) is 9.79 Å². The number of guanidine groups is 1.